The van der Waals surface area contributed by atoms with E-state index in [9.17, 15) is 5.11 Å². The third-order valence-electron chi connectivity index (χ3n) is 4.72. The smallest absolute Gasteiger partial charge is 0.142 e. The monoisotopic (exact) mass is 290 g/mol. The van der Waals surface area contributed by atoms with Gasteiger partial charge in [0.25, 0.3) is 0 Å². The van der Waals surface area contributed by atoms with Crippen molar-refractivity contribution in [1.82, 2.24) is 5.32 Å². The van der Waals surface area contributed by atoms with E-state index >= 15 is 0 Å². The van der Waals surface area contributed by atoms with Gasteiger partial charge in [-0.3, -0.25) is 0 Å². The molecule has 21 heavy (non-hydrogen) atoms. The number of likely N-dealkylation sites (N-methyl/N-ethyl adjacent to an activating group) is 1. The summed E-state index contributed by atoms with van der Waals surface area (Å²) in [5, 5.41) is 12.7. The number of aliphatic hydroxyl groups excluding tert-OH is 1. The number of para-hydroxylation sites is 2. The predicted octanol–water partition coefficient (Wildman–Crippen LogP) is 1.88. The van der Waals surface area contributed by atoms with Crippen molar-refractivity contribution in [3.63, 3.8) is 0 Å². The van der Waals surface area contributed by atoms with Gasteiger partial charge in [-0.15, -0.1) is 0 Å². The van der Waals surface area contributed by atoms with Gasteiger partial charge in [0.05, 0.1) is 12.3 Å². The van der Waals surface area contributed by atoms with Crippen LogP contribution in [0.2, 0.25) is 0 Å². The van der Waals surface area contributed by atoms with Crippen LogP contribution in [0.4, 0.5) is 5.69 Å². The van der Waals surface area contributed by atoms with Crippen LogP contribution in [-0.2, 0) is 0 Å². The van der Waals surface area contributed by atoms with Gasteiger partial charge in [-0.2, -0.15) is 0 Å². The molecule has 2 fully saturated rings. The van der Waals surface area contributed by atoms with E-state index < -0.39 is 0 Å². The van der Waals surface area contributed by atoms with Gasteiger partial charge in [-0.05, 0) is 43.2 Å². The van der Waals surface area contributed by atoms with Gasteiger partial charge in [-0.25, -0.2) is 0 Å². The van der Waals surface area contributed by atoms with Crippen LogP contribution in [0, 0.1) is 11.8 Å². The summed E-state index contributed by atoms with van der Waals surface area (Å²) in [6.07, 6.45) is 3.47. The molecule has 2 unspecified atom stereocenters. The fraction of sp³-hybridized carbons (Fsp3) is 0.647. The zero-order valence-corrected chi connectivity index (χ0v) is 12.8. The van der Waals surface area contributed by atoms with Gasteiger partial charge < -0.3 is 20.1 Å². The highest BCUT2D eigenvalue weighted by molar-refractivity contribution is 5.59. The molecule has 2 aliphatic rings. The lowest BCUT2D eigenvalue weighted by molar-refractivity contribution is 0.254. The minimum absolute atomic E-state index is 0.260. The maximum atomic E-state index is 9.23. The van der Waals surface area contributed by atoms with Gasteiger partial charge in [0.2, 0.25) is 0 Å². The Labute approximate surface area is 127 Å². The van der Waals surface area contributed by atoms with Crippen LogP contribution in [0.15, 0.2) is 24.3 Å². The Bertz CT molecular complexity index is 462. The summed E-state index contributed by atoms with van der Waals surface area (Å²) < 4.78 is 6.03. The Morgan fingerprint density at radius 3 is 2.86 bits per heavy atom. The van der Waals surface area contributed by atoms with Gasteiger partial charge >= 0.3 is 0 Å². The molecule has 1 aromatic rings. The number of hydrogen-bond acceptors (Lipinski definition) is 4. The maximum Gasteiger partial charge on any atom is 0.142 e. The van der Waals surface area contributed by atoms with Gasteiger partial charge in [0.1, 0.15) is 5.75 Å². The van der Waals surface area contributed by atoms with E-state index in [0.29, 0.717) is 12.0 Å². The second kappa shape index (κ2) is 6.67. The first-order valence-corrected chi connectivity index (χ1v) is 8.06. The Morgan fingerprint density at radius 1 is 1.29 bits per heavy atom. The number of anilines is 1. The molecule has 0 amide bonds. The van der Waals surface area contributed by atoms with E-state index in [2.05, 4.69) is 35.5 Å². The molecule has 1 saturated heterocycles. The highest BCUT2D eigenvalue weighted by atomic mass is 16.5. The van der Waals surface area contributed by atoms with Crippen LogP contribution in [0.25, 0.3) is 0 Å². The Hall–Kier alpha value is -1.26. The summed E-state index contributed by atoms with van der Waals surface area (Å²) in [4.78, 5) is 2.32. The van der Waals surface area contributed by atoms with Crippen molar-refractivity contribution in [2.75, 3.05) is 38.3 Å². The summed E-state index contributed by atoms with van der Waals surface area (Å²) in [7, 11) is 2.14. The molecule has 4 nitrogen and oxygen atoms in total. The largest absolute Gasteiger partial charge is 0.491 e. The number of nitrogens with one attached hydrogen (secondary N) is 1. The number of aliphatic hydroxyl groups is 1. The second-order valence-electron chi connectivity index (χ2n) is 6.33. The molecule has 0 bridgehead atoms. The summed E-state index contributed by atoms with van der Waals surface area (Å²) in [5.74, 6) is 2.25. The number of benzene rings is 1. The lowest BCUT2D eigenvalue weighted by Gasteiger charge is -2.32. The van der Waals surface area contributed by atoms with Crippen LogP contribution in [0.5, 0.6) is 5.75 Å². The first-order chi connectivity index (χ1) is 10.3. The number of hydrogen-bond donors (Lipinski definition) is 2. The molecule has 3 rings (SSSR count). The van der Waals surface area contributed by atoms with Gasteiger partial charge in [-0.1, -0.05) is 12.1 Å². The maximum absolute atomic E-state index is 9.23. The standard InChI is InChI=1S/C17H26N2O2/c1-19(16-11-18-10-14(16)8-9-20)15-4-2-3-5-17(15)21-12-13-6-7-13/h2-5,13-14,16,18,20H,6-12H2,1H3. The molecule has 116 valence electrons. The summed E-state index contributed by atoms with van der Waals surface area (Å²) >= 11 is 0. The predicted molar refractivity (Wildman–Crippen MR) is 84.9 cm³/mol. The first-order valence-electron chi connectivity index (χ1n) is 8.06. The van der Waals surface area contributed by atoms with Crippen molar-refractivity contribution in [2.24, 2.45) is 11.8 Å². The SMILES string of the molecule is CN(c1ccccc1OCC1CC1)C1CNCC1CCO. The minimum atomic E-state index is 0.260. The Kier molecular flexibility index (Phi) is 4.66. The summed E-state index contributed by atoms with van der Waals surface area (Å²) in [5.41, 5.74) is 1.16. The van der Waals surface area contributed by atoms with Crippen LogP contribution in [0.3, 0.4) is 0 Å². The van der Waals surface area contributed by atoms with Crippen molar-refractivity contribution in [3.8, 4) is 5.75 Å². The number of nitrogens with zero attached hydrogens (tertiary/aromatic N) is 1. The van der Waals surface area contributed by atoms with Crippen LogP contribution in [0.1, 0.15) is 19.3 Å². The van der Waals surface area contributed by atoms with E-state index in [0.717, 1.165) is 43.5 Å². The fourth-order valence-corrected chi connectivity index (χ4v) is 3.17. The zero-order chi connectivity index (χ0) is 14.7. The van der Waals surface area contributed by atoms with Crippen molar-refractivity contribution >= 4 is 5.69 Å². The summed E-state index contributed by atoms with van der Waals surface area (Å²) in [6.45, 7) is 3.06. The average Bonchev–Trinajstić information content (AvgIpc) is 3.23. The lowest BCUT2D eigenvalue weighted by atomic mass is 9.98. The molecule has 0 radical (unpaired) electrons. The molecule has 0 spiro atoms. The van der Waals surface area contributed by atoms with Crippen molar-refractivity contribution in [3.05, 3.63) is 24.3 Å². The van der Waals surface area contributed by atoms with E-state index in [1.807, 2.05) is 6.07 Å². The highest BCUT2D eigenvalue weighted by Gasteiger charge is 2.31. The Balaban J connectivity index is 1.71. The molecule has 4 heteroatoms. The molecule has 0 aromatic heterocycles. The highest BCUT2D eigenvalue weighted by Crippen LogP contribution is 2.34. The third kappa shape index (κ3) is 3.50. The molecule has 2 N–H and O–H groups in total. The quantitative estimate of drug-likeness (QED) is 0.805. The molecule has 2 atom stereocenters. The molecule has 1 aliphatic heterocycles. The second-order valence-corrected chi connectivity index (χ2v) is 6.33. The third-order valence-corrected chi connectivity index (χ3v) is 4.72. The normalized spacial score (nSPS) is 25.0. The molecular formula is C17H26N2O2. The van der Waals surface area contributed by atoms with Crippen LogP contribution >= 0.6 is 0 Å². The van der Waals surface area contributed by atoms with Crippen LogP contribution in [-0.4, -0.2) is 44.5 Å². The van der Waals surface area contributed by atoms with E-state index in [-0.39, 0.29) is 6.61 Å². The van der Waals surface area contributed by atoms with Gasteiger partial charge in [0.15, 0.2) is 0 Å². The van der Waals surface area contributed by atoms with E-state index in [4.69, 9.17) is 4.74 Å². The zero-order valence-electron chi connectivity index (χ0n) is 12.8. The first kappa shape index (κ1) is 14.7. The van der Waals surface area contributed by atoms with Crippen molar-refractivity contribution in [1.29, 1.82) is 0 Å². The molecule has 1 aliphatic carbocycles. The number of rotatable bonds is 7. The van der Waals surface area contributed by atoms with Crippen molar-refractivity contribution in [2.45, 2.75) is 25.3 Å². The Morgan fingerprint density at radius 2 is 2.10 bits per heavy atom. The fourth-order valence-electron chi connectivity index (χ4n) is 3.17. The van der Waals surface area contributed by atoms with E-state index in [1.165, 1.54) is 12.8 Å². The van der Waals surface area contributed by atoms with E-state index in [1.54, 1.807) is 0 Å². The van der Waals surface area contributed by atoms with Crippen LogP contribution < -0.4 is 15.0 Å². The number of ether oxygens (including phenoxy) is 1. The minimum Gasteiger partial charge on any atom is -0.491 e. The van der Waals surface area contributed by atoms with Crippen molar-refractivity contribution < 1.29 is 9.84 Å². The molecular weight excluding hydrogens is 264 g/mol. The lowest BCUT2D eigenvalue weighted by Crippen LogP contribution is -2.38. The average molecular weight is 290 g/mol. The van der Waals surface area contributed by atoms with Gasteiger partial charge in [0, 0.05) is 32.8 Å². The molecule has 1 aromatic carbocycles. The topological polar surface area (TPSA) is 44.7 Å². The molecule has 1 saturated carbocycles. The summed E-state index contributed by atoms with van der Waals surface area (Å²) in [6, 6.07) is 8.73. The molecule has 1 heterocycles.